The van der Waals surface area contributed by atoms with Crippen LogP contribution in [-0.2, 0) is 9.59 Å². The Balaban J connectivity index is 1.45. The van der Waals surface area contributed by atoms with Crippen molar-refractivity contribution >= 4 is 35.1 Å². The number of piperidine rings is 1. The quantitative estimate of drug-likeness (QED) is 0.739. The molecule has 0 radical (unpaired) electrons. The van der Waals surface area contributed by atoms with Crippen LogP contribution in [0.15, 0.2) is 24.3 Å². The molecule has 0 aliphatic carbocycles. The first-order valence-corrected chi connectivity index (χ1v) is 10.8. The molecule has 2 N–H and O–H groups in total. The van der Waals surface area contributed by atoms with Crippen molar-refractivity contribution in [2.75, 3.05) is 38.0 Å². The monoisotopic (exact) mass is 436 g/mol. The summed E-state index contributed by atoms with van der Waals surface area (Å²) in [4.78, 5) is 42.5. The van der Waals surface area contributed by atoms with Gasteiger partial charge in [-0.25, -0.2) is 4.79 Å². The highest BCUT2D eigenvalue weighted by Crippen LogP contribution is 2.18. The van der Waals surface area contributed by atoms with Crippen molar-refractivity contribution in [3.8, 4) is 0 Å². The molecule has 2 aliphatic heterocycles. The Labute approximate surface area is 181 Å². The number of carbonyl (C=O) groups is 3. The van der Waals surface area contributed by atoms with E-state index in [0.29, 0.717) is 56.3 Å². The predicted molar refractivity (Wildman–Crippen MR) is 114 cm³/mol. The number of hydrogen-bond acceptors (Lipinski definition) is 4. The fraction of sp³-hybridized carbons (Fsp3) is 0.571. The Morgan fingerprint density at radius 3 is 2.80 bits per heavy atom. The molecule has 30 heavy (non-hydrogen) atoms. The van der Waals surface area contributed by atoms with E-state index in [1.807, 2.05) is 0 Å². The van der Waals surface area contributed by atoms with E-state index in [0.717, 1.165) is 12.8 Å². The van der Waals surface area contributed by atoms with Crippen LogP contribution in [0.5, 0.6) is 0 Å². The zero-order valence-corrected chi connectivity index (χ0v) is 18.0. The number of likely N-dealkylation sites (tertiary alicyclic amines) is 1. The summed E-state index contributed by atoms with van der Waals surface area (Å²) in [5.74, 6) is -0.0999. The predicted octanol–water partition coefficient (Wildman–Crippen LogP) is 2.17. The number of anilines is 1. The van der Waals surface area contributed by atoms with E-state index in [-0.39, 0.29) is 17.8 Å². The second kappa shape index (κ2) is 10.1. The molecule has 1 aromatic rings. The summed E-state index contributed by atoms with van der Waals surface area (Å²) in [6, 6.07) is 5.95. The molecule has 2 atom stereocenters. The van der Waals surface area contributed by atoms with Crippen LogP contribution in [0.1, 0.15) is 32.6 Å². The van der Waals surface area contributed by atoms with Gasteiger partial charge in [-0.3, -0.25) is 9.59 Å². The lowest BCUT2D eigenvalue weighted by Crippen LogP contribution is -2.58. The van der Waals surface area contributed by atoms with Gasteiger partial charge in [-0.2, -0.15) is 0 Å². The summed E-state index contributed by atoms with van der Waals surface area (Å²) < 4.78 is 0. The molecule has 3 rings (SSSR count). The number of piperazine rings is 1. The molecule has 2 fully saturated rings. The van der Waals surface area contributed by atoms with E-state index in [9.17, 15) is 19.5 Å². The van der Waals surface area contributed by atoms with Crippen molar-refractivity contribution in [1.29, 1.82) is 0 Å². The first kappa shape index (κ1) is 22.4. The van der Waals surface area contributed by atoms with Crippen molar-refractivity contribution in [1.82, 2.24) is 14.7 Å². The Kier molecular flexibility index (Phi) is 7.55. The lowest BCUT2D eigenvalue weighted by Gasteiger charge is -2.39. The van der Waals surface area contributed by atoms with Crippen molar-refractivity contribution in [2.24, 2.45) is 0 Å². The molecule has 9 heteroatoms. The minimum atomic E-state index is -0.578. The summed E-state index contributed by atoms with van der Waals surface area (Å²) >= 11 is 5.95. The number of halogens is 1. The normalized spacial score (nSPS) is 22.2. The Morgan fingerprint density at radius 2 is 2.07 bits per heavy atom. The smallest absolute Gasteiger partial charge is 0.322 e. The molecule has 8 nitrogen and oxygen atoms in total. The molecule has 4 amide bonds. The molecule has 1 unspecified atom stereocenters. The van der Waals surface area contributed by atoms with Crippen LogP contribution in [-0.4, -0.2) is 82.5 Å². The van der Waals surface area contributed by atoms with Gasteiger partial charge in [0, 0.05) is 49.9 Å². The standard InChI is InChI=1S/C21H29ClN4O4/c1-15-20(29)24(9-4-8-19(28)25-10-3-7-18(27)14-25)11-12-26(15)21(30)23-17-6-2-5-16(22)13-17/h2,5-6,13,15,18,27H,3-4,7-12,14H2,1H3,(H,23,30)/t15-,18?/m0/s1. The average Bonchev–Trinajstić information content (AvgIpc) is 2.71. The Bertz CT molecular complexity index is 790. The van der Waals surface area contributed by atoms with Crippen LogP contribution in [0.4, 0.5) is 10.5 Å². The number of carbonyl (C=O) groups excluding carboxylic acids is 3. The first-order valence-electron chi connectivity index (χ1n) is 10.4. The maximum atomic E-state index is 12.7. The molecule has 2 saturated heterocycles. The second-order valence-corrected chi connectivity index (χ2v) is 8.31. The van der Waals surface area contributed by atoms with E-state index < -0.39 is 12.1 Å². The zero-order valence-electron chi connectivity index (χ0n) is 17.2. The molecule has 164 valence electrons. The number of nitrogens with one attached hydrogen (secondary N) is 1. The summed E-state index contributed by atoms with van der Waals surface area (Å²) in [6.45, 7) is 4.14. The number of aliphatic hydroxyl groups is 1. The fourth-order valence-electron chi connectivity index (χ4n) is 3.95. The van der Waals surface area contributed by atoms with Crippen LogP contribution in [0.2, 0.25) is 5.02 Å². The maximum absolute atomic E-state index is 12.7. The average molecular weight is 437 g/mol. The summed E-state index contributed by atoms with van der Waals surface area (Å²) in [5.41, 5.74) is 0.580. The van der Waals surface area contributed by atoms with Gasteiger partial charge in [-0.1, -0.05) is 17.7 Å². The molecule has 1 aromatic carbocycles. The van der Waals surface area contributed by atoms with E-state index in [1.165, 1.54) is 4.90 Å². The SMILES string of the molecule is C[C@H]1C(=O)N(CCCC(=O)N2CCCC(O)C2)CCN1C(=O)Nc1cccc(Cl)c1. The molecular weight excluding hydrogens is 408 g/mol. The Morgan fingerprint density at radius 1 is 1.27 bits per heavy atom. The fourth-order valence-corrected chi connectivity index (χ4v) is 4.14. The van der Waals surface area contributed by atoms with Crippen LogP contribution >= 0.6 is 11.6 Å². The third-order valence-electron chi connectivity index (χ3n) is 5.65. The summed E-state index contributed by atoms with van der Waals surface area (Å²) in [5, 5.41) is 13.0. The maximum Gasteiger partial charge on any atom is 0.322 e. The van der Waals surface area contributed by atoms with E-state index in [4.69, 9.17) is 11.6 Å². The van der Waals surface area contributed by atoms with Gasteiger partial charge in [0.05, 0.1) is 6.10 Å². The number of amides is 4. The van der Waals surface area contributed by atoms with Crippen molar-refractivity contribution in [2.45, 2.75) is 44.8 Å². The summed E-state index contributed by atoms with van der Waals surface area (Å²) in [7, 11) is 0. The number of urea groups is 1. The Hall–Kier alpha value is -2.32. The minimum absolute atomic E-state index is 0.0220. The van der Waals surface area contributed by atoms with Crippen molar-refractivity contribution in [3.63, 3.8) is 0 Å². The van der Waals surface area contributed by atoms with E-state index in [1.54, 1.807) is 41.0 Å². The third kappa shape index (κ3) is 5.64. The molecule has 0 spiro atoms. The number of benzene rings is 1. The summed E-state index contributed by atoms with van der Waals surface area (Å²) in [6.07, 6.45) is 2.05. The number of hydrogen-bond donors (Lipinski definition) is 2. The third-order valence-corrected chi connectivity index (χ3v) is 5.89. The van der Waals surface area contributed by atoms with Crippen molar-refractivity contribution in [3.05, 3.63) is 29.3 Å². The molecule has 2 heterocycles. The van der Waals surface area contributed by atoms with Crippen LogP contribution in [0, 0.1) is 0 Å². The van der Waals surface area contributed by atoms with Gasteiger partial charge in [-0.15, -0.1) is 0 Å². The number of aliphatic hydroxyl groups excluding tert-OH is 1. The van der Waals surface area contributed by atoms with Crippen LogP contribution in [0.25, 0.3) is 0 Å². The molecule has 0 aromatic heterocycles. The second-order valence-electron chi connectivity index (χ2n) is 7.87. The first-order chi connectivity index (χ1) is 14.3. The van der Waals surface area contributed by atoms with Gasteiger partial charge < -0.3 is 25.1 Å². The van der Waals surface area contributed by atoms with Crippen LogP contribution in [0.3, 0.4) is 0 Å². The van der Waals surface area contributed by atoms with Gasteiger partial charge in [0.2, 0.25) is 11.8 Å². The minimum Gasteiger partial charge on any atom is -0.391 e. The molecule has 2 aliphatic rings. The highest BCUT2D eigenvalue weighted by molar-refractivity contribution is 6.30. The van der Waals surface area contributed by atoms with Gasteiger partial charge in [0.1, 0.15) is 6.04 Å². The zero-order chi connectivity index (χ0) is 21.7. The molecule has 0 bridgehead atoms. The number of nitrogens with zero attached hydrogens (tertiary/aromatic N) is 3. The topological polar surface area (TPSA) is 93.2 Å². The lowest BCUT2D eigenvalue weighted by atomic mass is 10.1. The van der Waals surface area contributed by atoms with Gasteiger partial charge in [-0.05, 0) is 44.4 Å². The highest BCUT2D eigenvalue weighted by atomic mass is 35.5. The van der Waals surface area contributed by atoms with E-state index >= 15 is 0 Å². The number of rotatable bonds is 5. The van der Waals surface area contributed by atoms with E-state index in [2.05, 4.69) is 5.32 Å². The van der Waals surface area contributed by atoms with Gasteiger partial charge >= 0.3 is 6.03 Å². The van der Waals surface area contributed by atoms with Gasteiger partial charge in [0.15, 0.2) is 0 Å². The highest BCUT2D eigenvalue weighted by Gasteiger charge is 2.34. The van der Waals surface area contributed by atoms with Crippen molar-refractivity contribution < 1.29 is 19.5 Å². The van der Waals surface area contributed by atoms with Crippen LogP contribution < -0.4 is 5.32 Å². The lowest BCUT2D eigenvalue weighted by molar-refractivity contribution is -0.140. The molecular formula is C21H29ClN4O4. The number of β-amino-alcohol motifs (C(OH)–C–C–N with tert-alkyl or cyclic N) is 1. The molecule has 0 saturated carbocycles. The van der Waals surface area contributed by atoms with Gasteiger partial charge in [0.25, 0.3) is 0 Å². The largest absolute Gasteiger partial charge is 0.391 e.